The molecule has 0 heteroatoms. The third-order valence-corrected chi connectivity index (χ3v) is 4.13. The van der Waals surface area contributed by atoms with Gasteiger partial charge in [0.05, 0.1) is 0 Å². The van der Waals surface area contributed by atoms with Crippen LogP contribution in [0.1, 0.15) is 58.8 Å². The van der Waals surface area contributed by atoms with Gasteiger partial charge in [-0.3, -0.25) is 0 Å². The van der Waals surface area contributed by atoms with Crippen LogP contribution in [0.2, 0.25) is 0 Å². The molecule has 0 nitrogen and oxygen atoms in total. The molecule has 0 aliphatic heterocycles. The molecule has 0 amide bonds. The Labute approximate surface area is 94.5 Å². The van der Waals surface area contributed by atoms with Gasteiger partial charge in [-0.2, -0.15) is 0 Å². The van der Waals surface area contributed by atoms with E-state index in [1.165, 1.54) is 44.1 Å². The van der Waals surface area contributed by atoms with E-state index in [1.54, 1.807) is 5.57 Å². The molecule has 0 aromatic rings. The Bertz CT molecular complexity index is 274. The van der Waals surface area contributed by atoms with Gasteiger partial charge >= 0.3 is 0 Å². The standard InChI is InChI=1S/C15H24/c1-12-9-10-14(15(2,3)11-12)13-7-5-4-6-8-13/h10,13H,1,4-9,11H2,2-3H3. The largest absolute Gasteiger partial charge is 0.0995 e. The number of rotatable bonds is 1. The topological polar surface area (TPSA) is 0 Å². The Morgan fingerprint density at radius 2 is 1.87 bits per heavy atom. The molecule has 2 aliphatic carbocycles. The fourth-order valence-electron chi connectivity index (χ4n) is 3.46. The van der Waals surface area contributed by atoms with E-state index in [0.717, 1.165) is 12.3 Å². The normalized spacial score (nSPS) is 27.6. The van der Waals surface area contributed by atoms with E-state index in [1.807, 2.05) is 0 Å². The lowest BCUT2D eigenvalue weighted by molar-refractivity contribution is 0.311. The molecule has 0 N–H and O–H groups in total. The average Bonchev–Trinajstić information content (AvgIpc) is 2.17. The van der Waals surface area contributed by atoms with Gasteiger partial charge in [0, 0.05) is 0 Å². The summed E-state index contributed by atoms with van der Waals surface area (Å²) in [4.78, 5) is 0. The van der Waals surface area contributed by atoms with Crippen molar-refractivity contribution in [3.8, 4) is 0 Å². The van der Waals surface area contributed by atoms with Gasteiger partial charge in [-0.15, -0.1) is 0 Å². The predicted octanol–water partition coefficient (Wildman–Crippen LogP) is 4.87. The third kappa shape index (κ3) is 2.35. The van der Waals surface area contributed by atoms with Gasteiger partial charge in [0.25, 0.3) is 0 Å². The van der Waals surface area contributed by atoms with Crippen molar-refractivity contribution in [1.82, 2.24) is 0 Å². The molecule has 0 saturated heterocycles. The van der Waals surface area contributed by atoms with Gasteiger partial charge in [0.15, 0.2) is 0 Å². The zero-order chi connectivity index (χ0) is 10.9. The van der Waals surface area contributed by atoms with E-state index in [2.05, 4.69) is 26.5 Å². The fourth-order valence-corrected chi connectivity index (χ4v) is 3.46. The summed E-state index contributed by atoms with van der Waals surface area (Å²) in [5.41, 5.74) is 3.55. The van der Waals surface area contributed by atoms with Crippen molar-refractivity contribution in [3.05, 3.63) is 23.8 Å². The molecule has 15 heavy (non-hydrogen) atoms. The molecular weight excluding hydrogens is 180 g/mol. The van der Waals surface area contributed by atoms with E-state index < -0.39 is 0 Å². The van der Waals surface area contributed by atoms with Crippen molar-refractivity contribution in [1.29, 1.82) is 0 Å². The molecule has 0 aromatic heterocycles. The van der Waals surface area contributed by atoms with Gasteiger partial charge in [-0.1, -0.05) is 56.9 Å². The first-order chi connectivity index (χ1) is 7.09. The van der Waals surface area contributed by atoms with Crippen LogP contribution in [0.25, 0.3) is 0 Å². The van der Waals surface area contributed by atoms with Crippen LogP contribution in [0.15, 0.2) is 23.8 Å². The van der Waals surface area contributed by atoms with Crippen molar-refractivity contribution in [2.45, 2.75) is 58.8 Å². The van der Waals surface area contributed by atoms with Crippen LogP contribution in [0.4, 0.5) is 0 Å². The molecule has 0 unspecified atom stereocenters. The molecule has 0 heterocycles. The maximum atomic E-state index is 4.14. The Morgan fingerprint density at radius 1 is 1.20 bits per heavy atom. The Balaban J connectivity index is 2.15. The molecule has 0 atom stereocenters. The summed E-state index contributed by atoms with van der Waals surface area (Å²) in [6.07, 6.45) is 12.0. The van der Waals surface area contributed by atoms with Gasteiger partial charge in [-0.25, -0.2) is 0 Å². The molecule has 1 fully saturated rings. The van der Waals surface area contributed by atoms with Crippen LogP contribution in [0.5, 0.6) is 0 Å². The highest BCUT2D eigenvalue weighted by Crippen LogP contribution is 2.46. The maximum Gasteiger partial charge on any atom is -0.0105 e. The molecule has 0 bridgehead atoms. The summed E-state index contributed by atoms with van der Waals surface area (Å²) in [5.74, 6) is 0.891. The highest BCUT2D eigenvalue weighted by atomic mass is 14.4. The van der Waals surface area contributed by atoms with Gasteiger partial charge in [0.2, 0.25) is 0 Å². The zero-order valence-corrected chi connectivity index (χ0v) is 10.3. The smallest absolute Gasteiger partial charge is 0.0105 e. The number of hydrogen-bond donors (Lipinski definition) is 0. The lowest BCUT2D eigenvalue weighted by Gasteiger charge is -2.39. The molecule has 0 spiro atoms. The monoisotopic (exact) mass is 204 g/mol. The maximum absolute atomic E-state index is 4.14. The first-order valence-electron chi connectivity index (χ1n) is 6.47. The van der Waals surface area contributed by atoms with E-state index in [-0.39, 0.29) is 0 Å². The van der Waals surface area contributed by atoms with Gasteiger partial charge in [0.1, 0.15) is 0 Å². The van der Waals surface area contributed by atoms with E-state index >= 15 is 0 Å². The second-order valence-corrected chi connectivity index (χ2v) is 6.01. The first-order valence-corrected chi connectivity index (χ1v) is 6.47. The molecule has 84 valence electrons. The number of allylic oxidation sites excluding steroid dienone is 3. The zero-order valence-electron chi connectivity index (χ0n) is 10.3. The van der Waals surface area contributed by atoms with E-state index in [0.29, 0.717) is 5.41 Å². The Morgan fingerprint density at radius 3 is 2.47 bits per heavy atom. The minimum absolute atomic E-state index is 0.386. The van der Waals surface area contributed by atoms with Crippen LogP contribution in [0.3, 0.4) is 0 Å². The van der Waals surface area contributed by atoms with Crippen molar-refractivity contribution >= 4 is 0 Å². The average molecular weight is 204 g/mol. The van der Waals surface area contributed by atoms with Crippen LogP contribution in [-0.4, -0.2) is 0 Å². The third-order valence-electron chi connectivity index (χ3n) is 4.13. The molecule has 2 aliphatic rings. The summed E-state index contributed by atoms with van der Waals surface area (Å²) >= 11 is 0. The molecule has 0 aromatic carbocycles. The minimum atomic E-state index is 0.386. The van der Waals surface area contributed by atoms with Crippen molar-refractivity contribution in [3.63, 3.8) is 0 Å². The van der Waals surface area contributed by atoms with E-state index in [9.17, 15) is 0 Å². The number of hydrogen-bond acceptors (Lipinski definition) is 0. The van der Waals surface area contributed by atoms with Crippen molar-refractivity contribution < 1.29 is 0 Å². The summed E-state index contributed by atoms with van der Waals surface area (Å²) in [6.45, 7) is 8.95. The summed E-state index contributed by atoms with van der Waals surface area (Å²) in [6, 6.07) is 0. The minimum Gasteiger partial charge on any atom is -0.0995 e. The summed E-state index contributed by atoms with van der Waals surface area (Å²) in [5, 5.41) is 0. The van der Waals surface area contributed by atoms with Gasteiger partial charge in [-0.05, 0) is 37.0 Å². The van der Waals surface area contributed by atoms with Crippen molar-refractivity contribution in [2.24, 2.45) is 11.3 Å². The molecular formula is C15H24. The van der Waals surface area contributed by atoms with Crippen LogP contribution in [-0.2, 0) is 0 Å². The summed E-state index contributed by atoms with van der Waals surface area (Å²) in [7, 11) is 0. The van der Waals surface area contributed by atoms with Crippen LogP contribution < -0.4 is 0 Å². The first kappa shape index (κ1) is 11.0. The molecule has 1 saturated carbocycles. The SMILES string of the molecule is C=C1CC=C(C2CCCCC2)C(C)(C)C1. The quantitative estimate of drug-likeness (QED) is 0.535. The highest BCUT2D eigenvalue weighted by molar-refractivity contribution is 5.26. The summed E-state index contributed by atoms with van der Waals surface area (Å²) < 4.78 is 0. The fraction of sp³-hybridized carbons (Fsp3) is 0.733. The second kappa shape index (κ2) is 4.15. The predicted molar refractivity (Wildman–Crippen MR) is 66.8 cm³/mol. The Hall–Kier alpha value is -0.520. The lowest BCUT2D eigenvalue weighted by atomic mass is 9.66. The van der Waals surface area contributed by atoms with Crippen LogP contribution >= 0.6 is 0 Å². The van der Waals surface area contributed by atoms with Gasteiger partial charge < -0.3 is 0 Å². The second-order valence-electron chi connectivity index (χ2n) is 6.01. The van der Waals surface area contributed by atoms with Crippen LogP contribution in [0, 0.1) is 11.3 Å². The Kier molecular flexibility index (Phi) is 3.04. The highest BCUT2D eigenvalue weighted by Gasteiger charge is 2.32. The van der Waals surface area contributed by atoms with Crippen molar-refractivity contribution in [2.75, 3.05) is 0 Å². The molecule has 2 rings (SSSR count). The van der Waals surface area contributed by atoms with E-state index in [4.69, 9.17) is 0 Å². The lowest BCUT2D eigenvalue weighted by Crippen LogP contribution is -2.26. The molecule has 0 radical (unpaired) electrons.